The van der Waals surface area contributed by atoms with Crippen LogP contribution in [0.2, 0.25) is 0 Å². The maximum absolute atomic E-state index is 12.2. The van der Waals surface area contributed by atoms with Crippen LogP contribution in [0.4, 0.5) is 0 Å². The van der Waals surface area contributed by atoms with Crippen molar-refractivity contribution >= 4 is 11.0 Å². The standard InChI is InChI=1S/C14H13N3O3/c1-19-9-3-4-12(13(7-9)20-2)17-11-5-6-15-8-10(11)16-14(17)18/h3-8H,1-2H3,(H,16,18). The second-order valence-electron chi connectivity index (χ2n) is 4.20. The molecule has 102 valence electrons. The lowest BCUT2D eigenvalue weighted by Crippen LogP contribution is -2.15. The molecule has 0 bridgehead atoms. The van der Waals surface area contributed by atoms with Gasteiger partial charge >= 0.3 is 5.69 Å². The van der Waals surface area contributed by atoms with Gasteiger partial charge in [-0.05, 0) is 18.2 Å². The molecule has 0 fully saturated rings. The lowest BCUT2D eigenvalue weighted by atomic mass is 10.2. The van der Waals surface area contributed by atoms with Crippen molar-refractivity contribution in [3.63, 3.8) is 0 Å². The first-order valence-electron chi connectivity index (χ1n) is 6.01. The van der Waals surface area contributed by atoms with Crippen LogP contribution in [0.15, 0.2) is 41.5 Å². The normalized spacial score (nSPS) is 10.7. The van der Waals surface area contributed by atoms with E-state index in [2.05, 4.69) is 9.97 Å². The van der Waals surface area contributed by atoms with E-state index in [1.54, 1.807) is 55.4 Å². The van der Waals surface area contributed by atoms with Crippen molar-refractivity contribution in [1.29, 1.82) is 0 Å². The van der Waals surface area contributed by atoms with Gasteiger partial charge in [-0.1, -0.05) is 0 Å². The Morgan fingerprint density at radius 3 is 2.80 bits per heavy atom. The van der Waals surface area contributed by atoms with Crippen molar-refractivity contribution in [3.05, 3.63) is 47.1 Å². The minimum atomic E-state index is -0.239. The van der Waals surface area contributed by atoms with Crippen LogP contribution in [-0.4, -0.2) is 28.8 Å². The van der Waals surface area contributed by atoms with Crippen LogP contribution in [0, 0.1) is 0 Å². The molecule has 0 saturated carbocycles. The van der Waals surface area contributed by atoms with Crippen molar-refractivity contribution in [1.82, 2.24) is 14.5 Å². The Bertz CT molecular complexity index is 820. The summed E-state index contributed by atoms with van der Waals surface area (Å²) < 4.78 is 12.1. The largest absolute Gasteiger partial charge is 0.497 e. The highest BCUT2D eigenvalue weighted by atomic mass is 16.5. The van der Waals surface area contributed by atoms with E-state index in [9.17, 15) is 4.79 Å². The SMILES string of the molecule is COc1ccc(-n2c(=O)[nH]c3cnccc32)c(OC)c1. The van der Waals surface area contributed by atoms with Crippen LogP contribution in [0.25, 0.3) is 16.7 Å². The van der Waals surface area contributed by atoms with Crippen LogP contribution in [0.1, 0.15) is 0 Å². The maximum Gasteiger partial charge on any atom is 0.331 e. The zero-order valence-electron chi connectivity index (χ0n) is 11.1. The molecule has 0 aliphatic carbocycles. The van der Waals surface area contributed by atoms with Gasteiger partial charge in [0.2, 0.25) is 0 Å². The summed E-state index contributed by atoms with van der Waals surface area (Å²) in [4.78, 5) is 18.9. The Morgan fingerprint density at radius 2 is 2.05 bits per heavy atom. The third kappa shape index (κ3) is 1.82. The second kappa shape index (κ2) is 4.73. The molecule has 20 heavy (non-hydrogen) atoms. The number of aromatic amines is 1. The summed E-state index contributed by atoms with van der Waals surface area (Å²) in [6.07, 6.45) is 3.26. The first-order chi connectivity index (χ1) is 9.74. The number of H-pyrrole nitrogens is 1. The molecular formula is C14H13N3O3. The molecule has 1 N–H and O–H groups in total. The quantitative estimate of drug-likeness (QED) is 0.787. The molecule has 0 saturated heterocycles. The number of fused-ring (bicyclic) bond motifs is 1. The van der Waals surface area contributed by atoms with Gasteiger partial charge in [-0.2, -0.15) is 0 Å². The molecule has 0 aliphatic rings. The summed E-state index contributed by atoms with van der Waals surface area (Å²) in [5, 5.41) is 0. The maximum atomic E-state index is 12.2. The Morgan fingerprint density at radius 1 is 1.20 bits per heavy atom. The van der Waals surface area contributed by atoms with Gasteiger partial charge in [0.15, 0.2) is 0 Å². The molecular weight excluding hydrogens is 258 g/mol. The number of benzene rings is 1. The topological polar surface area (TPSA) is 69.1 Å². The van der Waals surface area contributed by atoms with Crippen molar-refractivity contribution in [2.24, 2.45) is 0 Å². The summed E-state index contributed by atoms with van der Waals surface area (Å²) in [7, 11) is 3.14. The number of nitrogens with one attached hydrogen (secondary N) is 1. The minimum Gasteiger partial charge on any atom is -0.497 e. The van der Waals surface area contributed by atoms with E-state index in [1.165, 1.54) is 0 Å². The average molecular weight is 271 g/mol. The van der Waals surface area contributed by atoms with Crippen molar-refractivity contribution < 1.29 is 9.47 Å². The van der Waals surface area contributed by atoms with Gasteiger partial charge in [0, 0.05) is 12.3 Å². The fraction of sp³-hybridized carbons (Fsp3) is 0.143. The van der Waals surface area contributed by atoms with Crippen LogP contribution >= 0.6 is 0 Å². The number of aromatic nitrogens is 3. The van der Waals surface area contributed by atoms with Crippen molar-refractivity contribution in [2.75, 3.05) is 14.2 Å². The van der Waals surface area contributed by atoms with Crippen LogP contribution in [-0.2, 0) is 0 Å². The highest BCUT2D eigenvalue weighted by Gasteiger charge is 2.13. The Labute approximate surface area is 114 Å². The molecule has 0 amide bonds. The number of rotatable bonds is 3. The molecule has 2 heterocycles. The summed E-state index contributed by atoms with van der Waals surface area (Å²) >= 11 is 0. The second-order valence-corrected chi connectivity index (χ2v) is 4.20. The van der Waals surface area contributed by atoms with Crippen molar-refractivity contribution in [3.8, 4) is 17.2 Å². The number of methoxy groups -OCH3 is 2. The number of ether oxygens (including phenoxy) is 2. The van der Waals surface area contributed by atoms with E-state index in [1.807, 2.05) is 0 Å². The molecule has 0 unspecified atom stereocenters. The Balaban J connectivity index is 2.30. The molecule has 3 aromatic rings. The van der Waals surface area contributed by atoms with Crippen LogP contribution in [0.3, 0.4) is 0 Å². The van der Waals surface area contributed by atoms with Gasteiger partial charge in [-0.25, -0.2) is 4.79 Å². The fourth-order valence-electron chi connectivity index (χ4n) is 2.17. The molecule has 3 rings (SSSR count). The molecule has 6 nitrogen and oxygen atoms in total. The van der Waals surface area contributed by atoms with Gasteiger partial charge in [0.1, 0.15) is 11.5 Å². The monoisotopic (exact) mass is 271 g/mol. The summed E-state index contributed by atoms with van der Waals surface area (Å²) in [6.45, 7) is 0. The van der Waals surface area contributed by atoms with Crippen molar-refractivity contribution in [2.45, 2.75) is 0 Å². The zero-order valence-corrected chi connectivity index (χ0v) is 11.1. The average Bonchev–Trinajstić information content (AvgIpc) is 2.82. The van der Waals surface area contributed by atoms with Gasteiger partial charge in [0.05, 0.1) is 37.1 Å². The molecule has 0 spiro atoms. The van der Waals surface area contributed by atoms with E-state index in [0.717, 1.165) is 5.52 Å². The van der Waals surface area contributed by atoms with Crippen LogP contribution in [0.5, 0.6) is 11.5 Å². The molecule has 2 aromatic heterocycles. The fourth-order valence-corrected chi connectivity index (χ4v) is 2.17. The van der Waals surface area contributed by atoms with E-state index >= 15 is 0 Å². The van der Waals surface area contributed by atoms with Gasteiger partial charge < -0.3 is 14.5 Å². The third-order valence-electron chi connectivity index (χ3n) is 3.11. The van der Waals surface area contributed by atoms with E-state index < -0.39 is 0 Å². The van der Waals surface area contributed by atoms with Gasteiger partial charge in [-0.3, -0.25) is 9.55 Å². The summed E-state index contributed by atoms with van der Waals surface area (Å²) in [5.74, 6) is 1.23. The molecule has 0 atom stereocenters. The predicted molar refractivity (Wildman–Crippen MR) is 74.8 cm³/mol. The van der Waals surface area contributed by atoms with E-state index in [-0.39, 0.29) is 5.69 Å². The summed E-state index contributed by atoms with van der Waals surface area (Å²) in [6, 6.07) is 7.08. The molecule has 1 aromatic carbocycles. The number of pyridine rings is 1. The lowest BCUT2D eigenvalue weighted by molar-refractivity contribution is 0.393. The molecule has 0 radical (unpaired) electrons. The molecule has 6 heteroatoms. The van der Waals surface area contributed by atoms with Crippen LogP contribution < -0.4 is 15.2 Å². The first kappa shape index (κ1) is 12.3. The lowest BCUT2D eigenvalue weighted by Gasteiger charge is -2.11. The third-order valence-corrected chi connectivity index (χ3v) is 3.11. The minimum absolute atomic E-state index is 0.239. The van der Waals surface area contributed by atoms with E-state index in [4.69, 9.17) is 9.47 Å². The summed E-state index contributed by atoms with van der Waals surface area (Å²) in [5.41, 5.74) is 1.83. The van der Waals surface area contributed by atoms with E-state index in [0.29, 0.717) is 22.7 Å². The zero-order chi connectivity index (χ0) is 14.1. The highest BCUT2D eigenvalue weighted by Crippen LogP contribution is 2.28. The number of hydrogen-bond acceptors (Lipinski definition) is 4. The number of imidazole rings is 1. The van der Waals surface area contributed by atoms with Gasteiger partial charge in [-0.15, -0.1) is 0 Å². The Hall–Kier alpha value is -2.76. The smallest absolute Gasteiger partial charge is 0.331 e. The predicted octanol–water partition coefficient (Wildman–Crippen LogP) is 1.73. The first-order valence-corrected chi connectivity index (χ1v) is 6.01. The Kier molecular flexibility index (Phi) is 2.90. The number of hydrogen-bond donors (Lipinski definition) is 1. The molecule has 0 aliphatic heterocycles. The van der Waals surface area contributed by atoms with Gasteiger partial charge in [0.25, 0.3) is 0 Å². The number of nitrogens with zero attached hydrogens (tertiary/aromatic N) is 2. The highest BCUT2D eigenvalue weighted by molar-refractivity contribution is 5.77.